The summed E-state index contributed by atoms with van der Waals surface area (Å²) in [5, 5.41) is 13.9. The van der Waals surface area contributed by atoms with Gasteiger partial charge in [0.1, 0.15) is 13.2 Å². The van der Waals surface area contributed by atoms with Crippen LogP contribution in [0, 0.1) is 0 Å². The zero-order valence-electron chi connectivity index (χ0n) is 42.1. The first-order valence-corrected chi connectivity index (χ1v) is 28.5. The van der Waals surface area contributed by atoms with Crippen LogP contribution in [-0.4, -0.2) is 68.5 Å². The van der Waals surface area contributed by atoms with Gasteiger partial charge in [-0.15, -0.1) is 0 Å². The minimum atomic E-state index is -4.59. The lowest BCUT2D eigenvalue weighted by molar-refractivity contribution is -0.870. The zero-order valence-corrected chi connectivity index (χ0v) is 43.0. The van der Waals surface area contributed by atoms with E-state index in [1.807, 2.05) is 27.2 Å². The molecule has 0 saturated carbocycles. The summed E-state index contributed by atoms with van der Waals surface area (Å²) in [5.74, 6) is -0.192. The van der Waals surface area contributed by atoms with Crippen LogP contribution in [0.4, 0.5) is 0 Å². The van der Waals surface area contributed by atoms with Crippen molar-refractivity contribution in [2.24, 2.45) is 0 Å². The first-order valence-electron chi connectivity index (χ1n) is 27.1. The van der Waals surface area contributed by atoms with Gasteiger partial charge in [-0.1, -0.05) is 257 Å². The Kier molecular flexibility index (Phi) is 44.8. The van der Waals surface area contributed by atoms with Crippen LogP contribution in [0.25, 0.3) is 0 Å². The summed E-state index contributed by atoms with van der Waals surface area (Å²) < 4.78 is 23.3. The molecule has 62 heavy (non-hydrogen) atoms. The molecule has 0 aromatic rings. The summed E-state index contributed by atoms with van der Waals surface area (Å²) in [6, 6.07) is -0.881. The van der Waals surface area contributed by atoms with E-state index >= 15 is 0 Å². The van der Waals surface area contributed by atoms with Gasteiger partial charge in [0.15, 0.2) is 0 Å². The van der Waals surface area contributed by atoms with Gasteiger partial charge in [0, 0.05) is 6.42 Å². The number of hydrogen-bond acceptors (Lipinski definition) is 6. The highest BCUT2D eigenvalue weighted by Gasteiger charge is 2.23. The van der Waals surface area contributed by atoms with E-state index in [4.69, 9.17) is 9.05 Å². The Morgan fingerprint density at radius 2 is 0.871 bits per heavy atom. The molecule has 0 fully saturated rings. The molecule has 2 N–H and O–H groups in total. The average Bonchev–Trinajstić information content (AvgIpc) is 3.23. The number of allylic oxidation sites excluding steroid dienone is 1. The van der Waals surface area contributed by atoms with Gasteiger partial charge in [-0.2, -0.15) is 0 Å². The number of amides is 1. The highest BCUT2D eigenvalue weighted by Crippen LogP contribution is 2.38. The molecular formula is C53H107N2O6P. The quantitative estimate of drug-likeness (QED) is 0.0272. The van der Waals surface area contributed by atoms with Crippen LogP contribution in [0.1, 0.15) is 271 Å². The number of nitrogens with zero attached hydrogens (tertiary/aromatic N) is 1. The lowest BCUT2D eigenvalue weighted by Crippen LogP contribution is -2.45. The normalized spacial score (nSPS) is 14.1. The van der Waals surface area contributed by atoms with Crippen molar-refractivity contribution in [3.8, 4) is 0 Å². The minimum absolute atomic E-state index is 0.00256. The number of carbonyl (C=O) groups excluding carboxylic acids is 1. The van der Waals surface area contributed by atoms with E-state index in [-0.39, 0.29) is 19.1 Å². The topological polar surface area (TPSA) is 108 Å². The number of phosphoric ester groups is 1. The number of rotatable bonds is 50. The molecule has 8 nitrogen and oxygen atoms in total. The fourth-order valence-electron chi connectivity index (χ4n) is 8.21. The van der Waals surface area contributed by atoms with Crippen LogP contribution in [-0.2, 0) is 18.4 Å². The number of hydrogen-bond donors (Lipinski definition) is 2. The van der Waals surface area contributed by atoms with E-state index < -0.39 is 20.0 Å². The number of phosphoric acid groups is 1. The van der Waals surface area contributed by atoms with Gasteiger partial charge < -0.3 is 28.8 Å². The van der Waals surface area contributed by atoms with Crippen molar-refractivity contribution in [3.63, 3.8) is 0 Å². The Morgan fingerprint density at radius 1 is 0.548 bits per heavy atom. The Labute approximate surface area is 386 Å². The van der Waals surface area contributed by atoms with Crippen LogP contribution in [0.5, 0.6) is 0 Å². The molecule has 0 aliphatic heterocycles. The van der Waals surface area contributed by atoms with Gasteiger partial charge in [0.05, 0.1) is 39.9 Å². The van der Waals surface area contributed by atoms with Crippen molar-refractivity contribution in [1.29, 1.82) is 0 Å². The van der Waals surface area contributed by atoms with E-state index in [0.29, 0.717) is 17.4 Å². The number of unbranched alkanes of at least 4 members (excludes halogenated alkanes) is 37. The zero-order chi connectivity index (χ0) is 45.7. The summed E-state index contributed by atoms with van der Waals surface area (Å²) in [6.07, 6.45) is 54.1. The predicted octanol–water partition coefficient (Wildman–Crippen LogP) is 15.2. The third kappa shape index (κ3) is 47.2. The highest BCUT2D eigenvalue weighted by molar-refractivity contribution is 7.45. The molecular weight excluding hydrogens is 792 g/mol. The Bertz CT molecular complexity index is 1020. The van der Waals surface area contributed by atoms with Gasteiger partial charge in [-0.3, -0.25) is 9.36 Å². The molecule has 0 rings (SSSR count). The standard InChI is InChI=1S/C53H107N2O6P/c1-6-8-10-12-14-16-18-20-22-24-25-26-27-28-29-31-32-34-36-38-40-42-44-46-52(56)51(50-61-62(58,59)60-49-48-55(3,4)5)54-53(57)47-45-43-41-39-37-35-33-30-23-21-19-17-15-13-11-9-7-2/h44,46,51-52,56H,6-43,45,47-50H2,1-5H3,(H-,54,57,58,59)/b46-44+. The molecule has 0 heterocycles. The molecule has 9 heteroatoms. The number of likely N-dealkylation sites (N-methyl/N-ethyl adjacent to an activating group) is 1. The van der Waals surface area contributed by atoms with Crippen molar-refractivity contribution >= 4 is 13.7 Å². The minimum Gasteiger partial charge on any atom is -0.756 e. The lowest BCUT2D eigenvalue weighted by Gasteiger charge is -2.29. The molecule has 0 aliphatic carbocycles. The summed E-state index contributed by atoms with van der Waals surface area (Å²) in [7, 11) is 1.28. The van der Waals surface area contributed by atoms with Gasteiger partial charge >= 0.3 is 0 Å². The van der Waals surface area contributed by atoms with E-state index in [0.717, 1.165) is 38.5 Å². The maximum Gasteiger partial charge on any atom is 0.268 e. The number of aliphatic hydroxyl groups is 1. The van der Waals surface area contributed by atoms with Crippen LogP contribution in [0.3, 0.4) is 0 Å². The van der Waals surface area contributed by atoms with Gasteiger partial charge in [-0.05, 0) is 19.3 Å². The van der Waals surface area contributed by atoms with Crippen molar-refractivity contribution < 1.29 is 32.9 Å². The maximum absolute atomic E-state index is 12.9. The fourth-order valence-corrected chi connectivity index (χ4v) is 8.94. The van der Waals surface area contributed by atoms with Crippen molar-refractivity contribution in [1.82, 2.24) is 5.32 Å². The second kappa shape index (κ2) is 45.4. The molecule has 0 aromatic carbocycles. The molecule has 0 aliphatic rings. The highest BCUT2D eigenvalue weighted by atomic mass is 31.2. The maximum atomic E-state index is 12.9. The number of quaternary nitrogens is 1. The Hall–Kier alpha value is -0.760. The third-order valence-electron chi connectivity index (χ3n) is 12.5. The molecule has 3 atom stereocenters. The van der Waals surface area contributed by atoms with E-state index in [2.05, 4.69) is 19.2 Å². The van der Waals surface area contributed by atoms with E-state index in [1.165, 1.54) is 212 Å². The van der Waals surface area contributed by atoms with Crippen LogP contribution >= 0.6 is 7.82 Å². The number of nitrogens with one attached hydrogen (secondary N) is 1. The molecule has 0 spiro atoms. The molecule has 0 radical (unpaired) electrons. The Morgan fingerprint density at radius 3 is 1.21 bits per heavy atom. The van der Waals surface area contributed by atoms with Gasteiger partial charge in [0.25, 0.3) is 7.82 Å². The Balaban J connectivity index is 4.23. The van der Waals surface area contributed by atoms with E-state index in [1.54, 1.807) is 6.08 Å². The van der Waals surface area contributed by atoms with Crippen LogP contribution in [0.15, 0.2) is 12.2 Å². The fraction of sp³-hybridized carbons (Fsp3) is 0.943. The monoisotopic (exact) mass is 899 g/mol. The van der Waals surface area contributed by atoms with Crippen LogP contribution in [0.2, 0.25) is 0 Å². The summed E-state index contributed by atoms with van der Waals surface area (Å²) >= 11 is 0. The SMILES string of the molecule is CCCCCCCCCCCCCCCCCCCCCCC/C=C/C(O)C(COP(=O)([O-])OCC[N+](C)(C)C)NC(=O)CCCCCCCCCCCCCCCCCCC. The second-order valence-corrected chi connectivity index (χ2v) is 21.4. The van der Waals surface area contributed by atoms with E-state index in [9.17, 15) is 19.4 Å². The average molecular weight is 899 g/mol. The molecule has 1 amide bonds. The van der Waals surface area contributed by atoms with Crippen molar-refractivity contribution in [2.75, 3.05) is 40.9 Å². The molecule has 370 valence electrons. The third-order valence-corrected chi connectivity index (χ3v) is 13.5. The van der Waals surface area contributed by atoms with Crippen molar-refractivity contribution in [3.05, 3.63) is 12.2 Å². The van der Waals surface area contributed by atoms with Crippen molar-refractivity contribution in [2.45, 2.75) is 283 Å². The summed E-state index contributed by atoms with van der Waals surface area (Å²) in [5.41, 5.74) is 0. The first-order chi connectivity index (χ1) is 30.0. The second-order valence-electron chi connectivity index (χ2n) is 19.9. The number of carbonyl (C=O) groups is 1. The molecule has 3 unspecified atom stereocenters. The van der Waals surface area contributed by atoms with Gasteiger partial charge in [-0.25, -0.2) is 0 Å². The smallest absolute Gasteiger partial charge is 0.268 e. The van der Waals surface area contributed by atoms with Gasteiger partial charge in [0.2, 0.25) is 5.91 Å². The van der Waals surface area contributed by atoms with Crippen LogP contribution < -0.4 is 10.2 Å². The largest absolute Gasteiger partial charge is 0.756 e. The summed E-state index contributed by atoms with van der Waals surface area (Å²) in [6.45, 7) is 4.69. The molecule has 0 saturated heterocycles. The number of aliphatic hydroxyl groups excluding tert-OH is 1. The lowest BCUT2D eigenvalue weighted by atomic mass is 10.0. The summed E-state index contributed by atoms with van der Waals surface area (Å²) in [4.78, 5) is 25.4. The molecule has 0 bridgehead atoms. The first kappa shape index (κ1) is 61.2. The predicted molar refractivity (Wildman–Crippen MR) is 266 cm³/mol. The molecule has 0 aromatic heterocycles.